The van der Waals surface area contributed by atoms with Crippen molar-refractivity contribution in [2.75, 3.05) is 6.61 Å². The summed E-state index contributed by atoms with van der Waals surface area (Å²) in [4.78, 5) is 10.9. The van der Waals surface area contributed by atoms with Crippen molar-refractivity contribution in [2.45, 2.75) is 25.4 Å². The lowest BCUT2D eigenvalue weighted by molar-refractivity contribution is 0.0697. The summed E-state index contributed by atoms with van der Waals surface area (Å²) in [6.07, 6.45) is 2.05. The molecule has 3 rings (SSSR count). The summed E-state index contributed by atoms with van der Waals surface area (Å²) in [5.74, 6) is 0.0630. The van der Waals surface area contributed by atoms with Gasteiger partial charge in [-0.2, -0.15) is 0 Å². The molecule has 2 aromatic rings. The van der Waals surface area contributed by atoms with Gasteiger partial charge in [0.15, 0.2) is 0 Å². The van der Waals surface area contributed by atoms with Crippen molar-refractivity contribution in [1.82, 2.24) is 5.32 Å². The van der Waals surface area contributed by atoms with Gasteiger partial charge < -0.3 is 15.2 Å². The number of hydrogen-bond acceptors (Lipinski definition) is 3. The quantitative estimate of drug-likeness (QED) is 0.908. The molecule has 2 aromatic carbocycles. The van der Waals surface area contributed by atoms with Crippen LogP contribution < -0.4 is 10.1 Å². The summed E-state index contributed by atoms with van der Waals surface area (Å²) in [6.45, 7) is 1.46. The van der Waals surface area contributed by atoms with Gasteiger partial charge in [-0.25, -0.2) is 4.79 Å². The van der Waals surface area contributed by atoms with Gasteiger partial charge in [-0.15, -0.1) is 0 Å². The molecule has 0 fully saturated rings. The first-order valence-corrected chi connectivity index (χ1v) is 7.51. The normalized spacial score (nSPS) is 17.2. The number of ether oxygens (including phenoxy) is 1. The third-order valence-corrected chi connectivity index (χ3v) is 3.94. The molecule has 22 heavy (non-hydrogen) atoms. The Bertz CT molecular complexity index is 652. The van der Waals surface area contributed by atoms with E-state index in [1.165, 1.54) is 5.56 Å². The molecule has 1 aliphatic heterocycles. The Labute approximate surface area is 129 Å². The monoisotopic (exact) mass is 297 g/mol. The number of para-hydroxylation sites is 1. The molecular weight excluding hydrogens is 278 g/mol. The summed E-state index contributed by atoms with van der Waals surface area (Å²) in [5.41, 5.74) is 2.59. The molecule has 0 saturated heterocycles. The molecule has 2 N–H and O–H groups in total. The molecule has 114 valence electrons. The van der Waals surface area contributed by atoms with Crippen LogP contribution in [0.15, 0.2) is 48.5 Å². The molecule has 0 bridgehead atoms. The zero-order chi connectivity index (χ0) is 15.4. The van der Waals surface area contributed by atoms with E-state index in [1.54, 1.807) is 12.1 Å². The number of rotatable bonds is 4. The van der Waals surface area contributed by atoms with Crippen LogP contribution in [0.25, 0.3) is 0 Å². The fourth-order valence-electron chi connectivity index (χ4n) is 2.74. The largest absolute Gasteiger partial charge is 0.493 e. The molecule has 1 aliphatic rings. The van der Waals surface area contributed by atoms with E-state index in [2.05, 4.69) is 11.4 Å². The van der Waals surface area contributed by atoms with Crippen LogP contribution in [0.4, 0.5) is 0 Å². The number of benzene rings is 2. The maximum atomic E-state index is 10.9. The molecule has 4 nitrogen and oxygen atoms in total. The van der Waals surface area contributed by atoms with Crippen molar-refractivity contribution in [3.63, 3.8) is 0 Å². The third kappa shape index (κ3) is 3.28. The van der Waals surface area contributed by atoms with Crippen molar-refractivity contribution in [2.24, 2.45) is 0 Å². The van der Waals surface area contributed by atoms with Crippen molar-refractivity contribution in [3.8, 4) is 5.75 Å². The van der Waals surface area contributed by atoms with E-state index in [-0.39, 0.29) is 6.04 Å². The Morgan fingerprint density at radius 3 is 2.73 bits per heavy atom. The topological polar surface area (TPSA) is 58.6 Å². The van der Waals surface area contributed by atoms with Crippen LogP contribution in [-0.4, -0.2) is 17.7 Å². The zero-order valence-corrected chi connectivity index (χ0v) is 12.3. The molecule has 1 heterocycles. The third-order valence-electron chi connectivity index (χ3n) is 3.94. The smallest absolute Gasteiger partial charge is 0.335 e. The lowest BCUT2D eigenvalue weighted by Gasteiger charge is -2.18. The Kier molecular flexibility index (Phi) is 4.39. The van der Waals surface area contributed by atoms with Gasteiger partial charge in [0.05, 0.1) is 12.2 Å². The molecule has 0 aliphatic carbocycles. The molecular formula is C18H19NO3. The first-order chi connectivity index (χ1) is 10.7. The molecule has 0 spiro atoms. The molecule has 0 saturated carbocycles. The van der Waals surface area contributed by atoms with Gasteiger partial charge in [-0.05, 0) is 36.6 Å². The van der Waals surface area contributed by atoms with Crippen LogP contribution in [0.1, 0.15) is 40.4 Å². The van der Waals surface area contributed by atoms with Gasteiger partial charge in [0.1, 0.15) is 5.75 Å². The highest BCUT2D eigenvalue weighted by atomic mass is 16.5. The second kappa shape index (κ2) is 6.62. The van der Waals surface area contributed by atoms with Gasteiger partial charge >= 0.3 is 5.97 Å². The maximum Gasteiger partial charge on any atom is 0.335 e. The van der Waals surface area contributed by atoms with E-state index in [0.29, 0.717) is 12.1 Å². The van der Waals surface area contributed by atoms with E-state index in [1.807, 2.05) is 30.3 Å². The minimum absolute atomic E-state index is 0.262. The molecule has 1 unspecified atom stereocenters. The Morgan fingerprint density at radius 1 is 1.18 bits per heavy atom. The number of hydrogen-bond donors (Lipinski definition) is 2. The fraction of sp³-hybridized carbons (Fsp3) is 0.278. The lowest BCUT2D eigenvalue weighted by atomic mass is 10.0. The van der Waals surface area contributed by atoms with Crippen LogP contribution in [0.2, 0.25) is 0 Å². The molecule has 4 heteroatoms. The van der Waals surface area contributed by atoms with Crippen LogP contribution in [0, 0.1) is 0 Å². The molecule has 0 radical (unpaired) electrons. The summed E-state index contributed by atoms with van der Waals surface area (Å²) in [6, 6.07) is 15.4. The minimum atomic E-state index is -0.894. The summed E-state index contributed by atoms with van der Waals surface area (Å²) in [7, 11) is 0. The van der Waals surface area contributed by atoms with Crippen LogP contribution in [0.3, 0.4) is 0 Å². The number of carboxylic acids is 1. The first kappa shape index (κ1) is 14.6. The van der Waals surface area contributed by atoms with Gasteiger partial charge in [0.2, 0.25) is 0 Å². The molecule has 0 aromatic heterocycles. The van der Waals surface area contributed by atoms with Crippen molar-refractivity contribution < 1.29 is 14.6 Å². The molecule has 1 atom stereocenters. The highest BCUT2D eigenvalue weighted by Crippen LogP contribution is 2.31. The van der Waals surface area contributed by atoms with Gasteiger partial charge in [0, 0.05) is 18.2 Å². The van der Waals surface area contributed by atoms with Crippen LogP contribution >= 0.6 is 0 Å². The Balaban J connectivity index is 1.69. The highest BCUT2D eigenvalue weighted by Gasteiger charge is 2.18. The number of aromatic carboxylic acids is 1. The van der Waals surface area contributed by atoms with E-state index in [0.717, 1.165) is 30.8 Å². The van der Waals surface area contributed by atoms with E-state index >= 15 is 0 Å². The summed E-state index contributed by atoms with van der Waals surface area (Å²) >= 11 is 0. The predicted octanol–water partition coefficient (Wildman–Crippen LogP) is 3.39. The highest BCUT2D eigenvalue weighted by molar-refractivity contribution is 5.87. The van der Waals surface area contributed by atoms with E-state index < -0.39 is 5.97 Å². The van der Waals surface area contributed by atoms with E-state index in [4.69, 9.17) is 9.84 Å². The Morgan fingerprint density at radius 2 is 1.95 bits per heavy atom. The first-order valence-electron chi connectivity index (χ1n) is 7.51. The zero-order valence-electron chi connectivity index (χ0n) is 12.3. The second-order valence-electron chi connectivity index (χ2n) is 5.46. The number of carbonyl (C=O) groups is 1. The van der Waals surface area contributed by atoms with Gasteiger partial charge in [-0.3, -0.25) is 0 Å². The fourth-order valence-corrected chi connectivity index (χ4v) is 2.74. The Hall–Kier alpha value is -2.33. The van der Waals surface area contributed by atoms with Crippen LogP contribution in [-0.2, 0) is 6.54 Å². The predicted molar refractivity (Wildman–Crippen MR) is 84.2 cm³/mol. The minimum Gasteiger partial charge on any atom is -0.493 e. The van der Waals surface area contributed by atoms with Crippen molar-refractivity contribution >= 4 is 5.97 Å². The van der Waals surface area contributed by atoms with Gasteiger partial charge in [-0.1, -0.05) is 30.3 Å². The lowest BCUT2D eigenvalue weighted by Crippen LogP contribution is -2.20. The molecule has 0 amide bonds. The van der Waals surface area contributed by atoms with Crippen molar-refractivity contribution in [3.05, 3.63) is 65.2 Å². The number of nitrogens with one attached hydrogen (secondary N) is 1. The SMILES string of the molecule is O=C(O)c1ccc(CNC2CCCOc3ccccc32)cc1. The number of fused-ring (bicyclic) bond motifs is 1. The van der Waals surface area contributed by atoms with E-state index in [9.17, 15) is 4.79 Å². The van der Waals surface area contributed by atoms with Crippen molar-refractivity contribution in [1.29, 1.82) is 0 Å². The summed E-state index contributed by atoms with van der Waals surface area (Å²) in [5, 5.41) is 12.5. The maximum absolute atomic E-state index is 10.9. The summed E-state index contributed by atoms with van der Waals surface area (Å²) < 4.78 is 5.77. The standard InChI is InChI=1S/C18H19NO3/c20-18(21)14-9-7-13(8-10-14)12-19-16-5-3-11-22-17-6-2-1-4-15(16)17/h1-2,4,6-10,16,19H,3,5,11-12H2,(H,20,21). The van der Waals surface area contributed by atoms with Crippen LogP contribution in [0.5, 0.6) is 5.75 Å². The van der Waals surface area contributed by atoms with Gasteiger partial charge in [0.25, 0.3) is 0 Å². The second-order valence-corrected chi connectivity index (χ2v) is 5.46. The average molecular weight is 297 g/mol. The number of carboxylic acid groups (broad SMARTS) is 1. The average Bonchev–Trinajstić information content (AvgIpc) is 2.75.